The molecule has 3 rings (SSSR count). The molecule has 1 aromatic heterocycles. The first-order valence-electron chi connectivity index (χ1n) is 10.2. The summed E-state index contributed by atoms with van der Waals surface area (Å²) in [6.45, 7) is 6.02. The summed E-state index contributed by atoms with van der Waals surface area (Å²) in [6.07, 6.45) is 6.58. The van der Waals surface area contributed by atoms with Crippen molar-refractivity contribution in [3.63, 3.8) is 0 Å². The first-order valence-corrected chi connectivity index (χ1v) is 10.6. The van der Waals surface area contributed by atoms with Gasteiger partial charge in [0.2, 0.25) is 17.6 Å². The Hall–Kier alpha value is -1.92. The molecule has 152 valence electrons. The van der Waals surface area contributed by atoms with Gasteiger partial charge < -0.3 is 9.42 Å². The molecule has 7 heteroatoms. The maximum Gasteiger partial charge on any atom is 0.241 e. The van der Waals surface area contributed by atoms with Crippen LogP contribution in [-0.4, -0.2) is 52.0 Å². The second-order valence-electron chi connectivity index (χ2n) is 7.34. The summed E-state index contributed by atoms with van der Waals surface area (Å²) in [4.78, 5) is 21.1. The van der Waals surface area contributed by atoms with Crippen molar-refractivity contribution in [3.8, 4) is 11.4 Å². The second-order valence-corrected chi connectivity index (χ2v) is 7.78. The molecule has 1 fully saturated rings. The zero-order chi connectivity index (χ0) is 19.8. The van der Waals surface area contributed by atoms with Gasteiger partial charge in [-0.2, -0.15) is 4.98 Å². The highest BCUT2D eigenvalue weighted by Crippen LogP contribution is 2.19. The standard InChI is InChI=1S/C21H29ClN4O2/c1-2-3-4-5-6-7-20(27)26-14-12-25(13-15-26)16-19-23-21(24-28-19)17-8-10-18(22)11-9-17/h8-11H,2-7,12-16H2,1H3. The van der Waals surface area contributed by atoms with Crippen molar-refractivity contribution < 1.29 is 9.32 Å². The van der Waals surface area contributed by atoms with Crippen LogP contribution in [0.15, 0.2) is 28.8 Å². The lowest BCUT2D eigenvalue weighted by atomic mass is 10.1. The molecule has 28 heavy (non-hydrogen) atoms. The third kappa shape index (κ3) is 6.04. The van der Waals surface area contributed by atoms with Crippen molar-refractivity contribution in [1.29, 1.82) is 0 Å². The van der Waals surface area contributed by atoms with Gasteiger partial charge >= 0.3 is 0 Å². The number of unbranched alkanes of at least 4 members (excludes halogenated alkanes) is 4. The lowest BCUT2D eigenvalue weighted by Crippen LogP contribution is -2.48. The average Bonchev–Trinajstić information content (AvgIpc) is 3.17. The Morgan fingerprint density at radius 3 is 2.50 bits per heavy atom. The van der Waals surface area contributed by atoms with Crippen molar-refractivity contribution in [3.05, 3.63) is 35.2 Å². The first-order chi connectivity index (χ1) is 13.7. The monoisotopic (exact) mass is 404 g/mol. The third-order valence-electron chi connectivity index (χ3n) is 5.15. The SMILES string of the molecule is CCCCCCCC(=O)N1CCN(Cc2nc(-c3ccc(Cl)cc3)no2)CC1. The number of benzene rings is 1. The first kappa shape index (κ1) is 20.8. The Balaban J connectivity index is 1.41. The van der Waals surface area contributed by atoms with Gasteiger partial charge in [-0.3, -0.25) is 9.69 Å². The van der Waals surface area contributed by atoms with Crippen LogP contribution in [-0.2, 0) is 11.3 Å². The molecular weight excluding hydrogens is 376 g/mol. The number of carbonyl (C=O) groups excluding carboxylic acids is 1. The minimum atomic E-state index is 0.291. The number of piperazine rings is 1. The molecule has 0 radical (unpaired) electrons. The summed E-state index contributed by atoms with van der Waals surface area (Å²) in [5, 5.41) is 4.74. The molecule has 0 atom stereocenters. The normalized spacial score (nSPS) is 15.1. The Labute approximate surface area is 171 Å². The predicted molar refractivity (Wildman–Crippen MR) is 110 cm³/mol. The summed E-state index contributed by atoms with van der Waals surface area (Å²) in [5.74, 6) is 1.46. The molecule has 1 saturated heterocycles. The summed E-state index contributed by atoms with van der Waals surface area (Å²) >= 11 is 5.92. The van der Waals surface area contributed by atoms with E-state index >= 15 is 0 Å². The van der Waals surface area contributed by atoms with Crippen molar-refractivity contribution >= 4 is 17.5 Å². The van der Waals surface area contributed by atoms with Gasteiger partial charge in [-0.15, -0.1) is 0 Å². The van der Waals surface area contributed by atoms with Gasteiger partial charge in [0.05, 0.1) is 6.54 Å². The van der Waals surface area contributed by atoms with Gasteiger partial charge in [-0.25, -0.2) is 0 Å². The Kier molecular flexibility index (Phi) is 7.86. The van der Waals surface area contributed by atoms with E-state index in [2.05, 4.69) is 22.0 Å². The van der Waals surface area contributed by atoms with E-state index in [1.165, 1.54) is 19.3 Å². The lowest BCUT2D eigenvalue weighted by Gasteiger charge is -2.34. The van der Waals surface area contributed by atoms with Gasteiger partial charge in [-0.05, 0) is 30.7 Å². The summed E-state index contributed by atoms with van der Waals surface area (Å²) in [7, 11) is 0. The number of rotatable bonds is 9. The predicted octanol–water partition coefficient (Wildman–Crippen LogP) is 4.39. The van der Waals surface area contributed by atoms with Crippen LogP contribution < -0.4 is 0 Å². The number of halogens is 1. The van der Waals surface area contributed by atoms with E-state index in [4.69, 9.17) is 16.1 Å². The van der Waals surface area contributed by atoms with Gasteiger partial charge in [0, 0.05) is 43.2 Å². The zero-order valence-electron chi connectivity index (χ0n) is 16.6. The summed E-state index contributed by atoms with van der Waals surface area (Å²) in [5.41, 5.74) is 0.883. The fourth-order valence-corrected chi connectivity index (χ4v) is 3.55. The Bertz CT molecular complexity index is 739. The molecule has 0 N–H and O–H groups in total. The van der Waals surface area contributed by atoms with E-state index in [0.29, 0.717) is 35.6 Å². The minimum absolute atomic E-state index is 0.291. The van der Waals surface area contributed by atoms with Gasteiger partial charge in [0.25, 0.3) is 0 Å². The van der Waals surface area contributed by atoms with E-state index in [0.717, 1.165) is 44.6 Å². The topological polar surface area (TPSA) is 62.5 Å². The second kappa shape index (κ2) is 10.6. The van der Waals surface area contributed by atoms with Gasteiger partial charge in [0.15, 0.2) is 0 Å². The van der Waals surface area contributed by atoms with Crippen LogP contribution in [0.4, 0.5) is 0 Å². The largest absolute Gasteiger partial charge is 0.340 e. The molecule has 0 aliphatic carbocycles. The van der Waals surface area contributed by atoms with Gasteiger partial charge in [-0.1, -0.05) is 49.4 Å². The molecule has 0 unspecified atom stereocenters. The van der Waals surface area contributed by atoms with Crippen molar-refractivity contribution in [2.75, 3.05) is 26.2 Å². The highest BCUT2D eigenvalue weighted by atomic mass is 35.5. The van der Waals surface area contributed by atoms with E-state index in [1.54, 1.807) is 0 Å². The van der Waals surface area contributed by atoms with Crippen LogP contribution in [0.2, 0.25) is 5.02 Å². The van der Waals surface area contributed by atoms with Crippen LogP contribution in [0.3, 0.4) is 0 Å². The third-order valence-corrected chi connectivity index (χ3v) is 5.40. The summed E-state index contributed by atoms with van der Waals surface area (Å²) in [6, 6.07) is 7.38. The number of nitrogens with zero attached hydrogens (tertiary/aromatic N) is 4. The molecule has 0 spiro atoms. The van der Waals surface area contributed by atoms with Crippen LogP contribution in [0, 0.1) is 0 Å². The van der Waals surface area contributed by atoms with Crippen LogP contribution >= 0.6 is 11.6 Å². The van der Waals surface area contributed by atoms with Crippen molar-refractivity contribution in [2.45, 2.75) is 52.0 Å². The van der Waals surface area contributed by atoms with E-state index in [9.17, 15) is 4.79 Å². The van der Waals surface area contributed by atoms with E-state index in [1.807, 2.05) is 29.2 Å². The smallest absolute Gasteiger partial charge is 0.241 e. The average molecular weight is 405 g/mol. The number of amides is 1. The fraction of sp³-hybridized carbons (Fsp3) is 0.571. The minimum Gasteiger partial charge on any atom is -0.340 e. The Morgan fingerprint density at radius 2 is 1.79 bits per heavy atom. The van der Waals surface area contributed by atoms with E-state index in [-0.39, 0.29) is 0 Å². The molecule has 2 heterocycles. The summed E-state index contributed by atoms with van der Waals surface area (Å²) < 4.78 is 5.40. The maximum atomic E-state index is 12.3. The molecule has 2 aromatic rings. The molecule has 1 aliphatic heterocycles. The molecular formula is C21H29ClN4O2. The molecule has 0 bridgehead atoms. The molecule has 1 aromatic carbocycles. The van der Waals surface area contributed by atoms with Crippen molar-refractivity contribution in [1.82, 2.24) is 19.9 Å². The van der Waals surface area contributed by atoms with Gasteiger partial charge in [0.1, 0.15) is 0 Å². The number of aromatic nitrogens is 2. The molecule has 0 saturated carbocycles. The fourth-order valence-electron chi connectivity index (χ4n) is 3.42. The Morgan fingerprint density at radius 1 is 1.07 bits per heavy atom. The van der Waals surface area contributed by atoms with Crippen LogP contribution in [0.25, 0.3) is 11.4 Å². The number of hydrogen-bond acceptors (Lipinski definition) is 5. The van der Waals surface area contributed by atoms with Crippen molar-refractivity contribution in [2.24, 2.45) is 0 Å². The molecule has 1 amide bonds. The highest BCUT2D eigenvalue weighted by molar-refractivity contribution is 6.30. The van der Waals surface area contributed by atoms with E-state index < -0.39 is 0 Å². The quantitative estimate of drug-likeness (QED) is 0.580. The lowest BCUT2D eigenvalue weighted by molar-refractivity contribution is -0.133. The molecule has 1 aliphatic rings. The zero-order valence-corrected chi connectivity index (χ0v) is 17.3. The maximum absolute atomic E-state index is 12.3. The molecule has 6 nitrogen and oxygen atoms in total. The van der Waals surface area contributed by atoms with Crippen LogP contribution in [0.1, 0.15) is 51.3 Å². The number of hydrogen-bond donors (Lipinski definition) is 0. The highest BCUT2D eigenvalue weighted by Gasteiger charge is 2.22. The van der Waals surface area contributed by atoms with Crippen LogP contribution in [0.5, 0.6) is 0 Å². The number of carbonyl (C=O) groups is 1.